The van der Waals surface area contributed by atoms with Crippen molar-refractivity contribution in [3.8, 4) is 34.1 Å². The zero-order valence-corrected chi connectivity index (χ0v) is 17.1. The molecule has 0 spiro atoms. The molecule has 5 nitrogen and oxygen atoms in total. The summed E-state index contributed by atoms with van der Waals surface area (Å²) in [6.07, 6.45) is 0. The van der Waals surface area contributed by atoms with Crippen molar-refractivity contribution in [3.63, 3.8) is 0 Å². The number of carbonyl (C=O) groups is 1. The van der Waals surface area contributed by atoms with Gasteiger partial charge in [-0.2, -0.15) is 0 Å². The maximum atomic E-state index is 13.0. The van der Waals surface area contributed by atoms with E-state index in [1.54, 1.807) is 12.1 Å². The molecule has 28 heavy (non-hydrogen) atoms. The molecule has 0 amide bonds. The van der Waals surface area contributed by atoms with E-state index >= 15 is 0 Å². The molecule has 1 aromatic heterocycles. The Morgan fingerprint density at radius 2 is 1.54 bits per heavy atom. The molecule has 0 N–H and O–H groups in total. The zero-order valence-electron chi connectivity index (χ0n) is 16.3. The predicted molar refractivity (Wildman–Crippen MR) is 110 cm³/mol. The van der Waals surface area contributed by atoms with Crippen molar-refractivity contribution in [2.45, 2.75) is 6.92 Å². The molecule has 0 radical (unpaired) electrons. The van der Waals surface area contributed by atoms with Gasteiger partial charge in [-0.3, -0.25) is 4.79 Å². The van der Waals surface area contributed by atoms with E-state index in [2.05, 4.69) is 0 Å². The summed E-state index contributed by atoms with van der Waals surface area (Å²) >= 11 is 1.40. The van der Waals surface area contributed by atoms with E-state index in [9.17, 15) is 4.79 Å². The molecule has 0 aliphatic heterocycles. The minimum atomic E-state index is -0.0959. The summed E-state index contributed by atoms with van der Waals surface area (Å²) in [6, 6.07) is 13.1. The van der Waals surface area contributed by atoms with Gasteiger partial charge < -0.3 is 18.9 Å². The van der Waals surface area contributed by atoms with Gasteiger partial charge in [0.2, 0.25) is 11.5 Å². The molecule has 3 aromatic rings. The van der Waals surface area contributed by atoms with Crippen molar-refractivity contribution in [1.82, 2.24) is 0 Å². The SMILES string of the molecule is CCOc1ccc(-c2csc(C(=O)c3cc(OC)c(OC)c(OC)c3)c2)cc1. The fourth-order valence-electron chi connectivity index (χ4n) is 2.87. The normalized spacial score (nSPS) is 10.4. The Kier molecular flexibility index (Phi) is 6.21. The van der Waals surface area contributed by atoms with Gasteiger partial charge in [0.1, 0.15) is 5.75 Å². The van der Waals surface area contributed by atoms with Gasteiger partial charge in [-0.1, -0.05) is 12.1 Å². The first kappa shape index (κ1) is 19.8. The molecule has 0 bridgehead atoms. The third-order valence-corrected chi connectivity index (χ3v) is 5.18. The van der Waals surface area contributed by atoms with Gasteiger partial charge in [-0.05, 0) is 53.8 Å². The first-order chi connectivity index (χ1) is 13.6. The Hall–Kier alpha value is -2.99. The Labute approximate surface area is 168 Å². The lowest BCUT2D eigenvalue weighted by Gasteiger charge is -2.13. The lowest BCUT2D eigenvalue weighted by Crippen LogP contribution is -2.02. The Morgan fingerprint density at radius 3 is 2.07 bits per heavy atom. The molecule has 0 atom stereocenters. The van der Waals surface area contributed by atoms with E-state index in [4.69, 9.17) is 18.9 Å². The number of ether oxygens (including phenoxy) is 4. The Bertz CT molecular complexity index is 934. The van der Waals surface area contributed by atoms with Crippen LogP contribution in [0.1, 0.15) is 22.2 Å². The molecule has 0 aliphatic carbocycles. The number of benzene rings is 2. The largest absolute Gasteiger partial charge is 0.494 e. The molecule has 146 valence electrons. The minimum Gasteiger partial charge on any atom is -0.494 e. The molecule has 2 aromatic carbocycles. The first-order valence-electron chi connectivity index (χ1n) is 8.77. The number of thiophene rings is 1. The molecule has 6 heteroatoms. The second-order valence-corrected chi connectivity index (χ2v) is 6.81. The third kappa shape index (κ3) is 3.97. The molecule has 3 rings (SSSR count). The molecule has 1 heterocycles. The van der Waals surface area contributed by atoms with Crippen LogP contribution in [-0.2, 0) is 0 Å². The smallest absolute Gasteiger partial charge is 0.203 e. The summed E-state index contributed by atoms with van der Waals surface area (Å²) in [5.74, 6) is 2.10. The van der Waals surface area contributed by atoms with Crippen LogP contribution in [0.2, 0.25) is 0 Å². The van der Waals surface area contributed by atoms with Crippen LogP contribution in [0.25, 0.3) is 11.1 Å². The Morgan fingerprint density at radius 1 is 0.893 bits per heavy atom. The maximum absolute atomic E-state index is 13.0. The number of carbonyl (C=O) groups excluding carboxylic acids is 1. The summed E-state index contributed by atoms with van der Waals surface area (Å²) in [5.41, 5.74) is 2.50. The van der Waals surface area contributed by atoms with E-state index in [0.717, 1.165) is 16.9 Å². The van der Waals surface area contributed by atoms with Crippen molar-refractivity contribution in [3.05, 3.63) is 58.3 Å². The number of ketones is 1. The molecule has 0 unspecified atom stereocenters. The lowest BCUT2D eigenvalue weighted by molar-refractivity contribution is 0.104. The van der Waals surface area contributed by atoms with Crippen molar-refractivity contribution < 1.29 is 23.7 Å². The van der Waals surface area contributed by atoms with Crippen molar-refractivity contribution in [2.75, 3.05) is 27.9 Å². The van der Waals surface area contributed by atoms with Crippen LogP contribution in [0.4, 0.5) is 0 Å². The van der Waals surface area contributed by atoms with Crippen molar-refractivity contribution in [2.24, 2.45) is 0 Å². The number of hydrogen-bond acceptors (Lipinski definition) is 6. The molecule has 0 saturated carbocycles. The van der Waals surface area contributed by atoms with Crippen molar-refractivity contribution in [1.29, 1.82) is 0 Å². The van der Waals surface area contributed by atoms with Crippen LogP contribution in [0.3, 0.4) is 0 Å². The number of hydrogen-bond donors (Lipinski definition) is 0. The summed E-state index contributed by atoms with van der Waals surface area (Å²) < 4.78 is 21.5. The summed E-state index contributed by atoms with van der Waals surface area (Å²) in [7, 11) is 4.59. The van der Waals surface area contributed by atoms with Crippen LogP contribution in [-0.4, -0.2) is 33.7 Å². The van der Waals surface area contributed by atoms with Gasteiger partial charge >= 0.3 is 0 Å². The molecule has 0 fully saturated rings. The highest BCUT2D eigenvalue weighted by Crippen LogP contribution is 2.39. The van der Waals surface area contributed by atoms with Crippen LogP contribution in [0.5, 0.6) is 23.0 Å². The quantitative estimate of drug-likeness (QED) is 0.496. The maximum Gasteiger partial charge on any atom is 0.203 e. The lowest BCUT2D eigenvalue weighted by atomic mass is 10.1. The van der Waals surface area contributed by atoms with Gasteiger partial charge in [0.15, 0.2) is 11.5 Å². The third-order valence-electron chi connectivity index (χ3n) is 4.25. The highest BCUT2D eigenvalue weighted by atomic mass is 32.1. The highest BCUT2D eigenvalue weighted by Gasteiger charge is 2.19. The van der Waals surface area contributed by atoms with Gasteiger partial charge in [0.05, 0.1) is 32.8 Å². The Balaban J connectivity index is 1.90. The van der Waals surface area contributed by atoms with Crippen LogP contribution < -0.4 is 18.9 Å². The fraction of sp³-hybridized carbons (Fsp3) is 0.227. The molecular weight excluding hydrogens is 376 g/mol. The summed E-state index contributed by atoms with van der Waals surface area (Å²) in [6.45, 7) is 2.58. The van der Waals surface area contributed by atoms with E-state index < -0.39 is 0 Å². The second-order valence-electron chi connectivity index (χ2n) is 5.90. The first-order valence-corrected chi connectivity index (χ1v) is 9.65. The predicted octanol–water partition coefficient (Wildman–Crippen LogP) is 5.07. The van der Waals surface area contributed by atoms with Gasteiger partial charge in [-0.25, -0.2) is 0 Å². The summed E-state index contributed by atoms with van der Waals surface area (Å²) in [4.78, 5) is 13.6. The molecule has 0 aliphatic rings. The molecule has 0 saturated heterocycles. The highest BCUT2D eigenvalue weighted by molar-refractivity contribution is 7.12. The van der Waals surface area contributed by atoms with E-state index in [0.29, 0.717) is 34.3 Å². The van der Waals surface area contributed by atoms with Gasteiger partial charge in [0, 0.05) is 5.56 Å². The standard InChI is InChI=1S/C22H22O5S/c1-5-27-17-8-6-14(7-9-17)16-12-20(28-13-16)21(23)15-10-18(24-2)22(26-4)19(11-15)25-3/h6-13H,5H2,1-4H3. The average molecular weight is 398 g/mol. The average Bonchev–Trinajstić information content (AvgIpc) is 3.23. The topological polar surface area (TPSA) is 54.0 Å². The van der Waals surface area contributed by atoms with Crippen LogP contribution in [0, 0.1) is 0 Å². The van der Waals surface area contributed by atoms with Gasteiger partial charge in [0.25, 0.3) is 0 Å². The van der Waals surface area contributed by atoms with Crippen LogP contribution in [0.15, 0.2) is 47.8 Å². The zero-order chi connectivity index (χ0) is 20.1. The summed E-state index contributed by atoms with van der Waals surface area (Å²) in [5, 5.41) is 1.97. The second kappa shape index (κ2) is 8.80. The minimum absolute atomic E-state index is 0.0959. The number of rotatable bonds is 8. The van der Waals surface area contributed by atoms with Crippen LogP contribution >= 0.6 is 11.3 Å². The monoisotopic (exact) mass is 398 g/mol. The fourth-order valence-corrected chi connectivity index (χ4v) is 3.75. The van der Waals surface area contributed by atoms with E-state index in [1.165, 1.54) is 32.7 Å². The van der Waals surface area contributed by atoms with E-state index in [-0.39, 0.29) is 5.78 Å². The van der Waals surface area contributed by atoms with E-state index in [1.807, 2.05) is 42.6 Å². The number of methoxy groups -OCH3 is 3. The van der Waals surface area contributed by atoms with Crippen molar-refractivity contribution >= 4 is 17.1 Å². The van der Waals surface area contributed by atoms with Gasteiger partial charge in [-0.15, -0.1) is 11.3 Å². The molecular formula is C22H22O5S.